The maximum Gasteiger partial charge on any atom is 0.253 e. The Morgan fingerprint density at radius 3 is 2.54 bits per heavy atom. The molecule has 1 aliphatic heterocycles. The molecule has 1 aliphatic rings. The summed E-state index contributed by atoms with van der Waals surface area (Å²) < 4.78 is 1.75. The number of anilines is 1. The van der Waals surface area contributed by atoms with E-state index in [0.717, 1.165) is 49.7 Å². The van der Waals surface area contributed by atoms with Gasteiger partial charge >= 0.3 is 0 Å². The second-order valence-corrected chi connectivity index (χ2v) is 6.91. The highest BCUT2D eigenvalue weighted by molar-refractivity contribution is 5.38. The smallest absolute Gasteiger partial charge is 0.253 e. The lowest BCUT2D eigenvalue weighted by molar-refractivity contribution is 0.349. The lowest BCUT2D eigenvalue weighted by Gasteiger charge is -2.33. The van der Waals surface area contributed by atoms with Gasteiger partial charge in [0.1, 0.15) is 12.1 Å². The quantitative estimate of drug-likeness (QED) is 0.863. The van der Waals surface area contributed by atoms with Crippen molar-refractivity contribution in [1.29, 1.82) is 0 Å². The summed E-state index contributed by atoms with van der Waals surface area (Å²) in [7, 11) is 0. The van der Waals surface area contributed by atoms with Crippen LogP contribution in [0.4, 0.5) is 5.82 Å². The average molecular weight is 327 g/mol. The molecule has 0 radical (unpaired) electrons. The van der Waals surface area contributed by atoms with Crippen LogP contribution in [0, 0.1) is 12.8 Å². The number of nitrogens with zero attached hydrogens (tertiary/aromatic N) is 5. The Bertz CT molecular complexity index is 747. The van der Waals surface area contributed by atoms with Gasteiger partial charge in [-0.2, -0.15) is 0 Å². The van der Waals surface area contributed by atoms with Crippen molar-refractivity contribution in [1.82, 2.24) is 19.5 Å². The second-order valence-electron chi connectivity index (χ2n) is 6.91. The molecule has 1 fully saturated rings. The molecule has 1 saturated heterocycles. The van der Waals surface area contributed by atoms with Crippen molar-refractivity contribution in [2.45, 2.75) is 46.1 Å². The molecular formula is C18H25N5O. The van der Waals surface area contributed by atoms with Crippen LogP contribution in [0.2, 0.25) is 0 Å². The standard InChI is InChI=1S/C18H25N5O/c1-13(2)16-9-18(24)23(12-21-16)10-15-4-6-22(7-5-15)17-8-14(3)19-11-20-17/h8-9,11-13,15H,4-7,10H2,1-3H3. The summed E-state index contributed by atoms with van der Waals surface area (Å²) in [5, 5.41) is 0. The van der Waals surface area contributed by atoms with E-state index in [1.807, 2.05) is 13.0 Å². The van der Waals surface area contributed by atoms with Gasteiger partial charge in [-0.1, -0.05) is 13.8 Å². The van der Waals surface area contributed by atoms with Crippen molar-refractivity contribution in [3.63, 3.8) is 0 Å². The predicted molar refractivity (Wildman–Crippen MR) is 94.3 cm³/mol. The Labute approximate surface area is 142 Å². The topological polar surface area (TPSA) is 63.9 Å². The van der Waals surface area contributed by atoms with Gasteiger partial charge in [0, 0.05) is 37.5 Å². The van der Waals surface area contributed by atoms with E-state index in [1.54, 1.807) is 23.3 Å². The molecule has 0 saturated carbocycles. The van der Waals surface area contributed by atoms with Crippen LogP contribution in [0.25, 0.3) is 0 Å². The molecule has 0 aliphatic carbocycles. The molecular weight excluding hydrogens is 302 g/mol. The van der Waals surface area contributed by atoms with E-state index in [-0.39, 0.29) is 11.5 Å². The van der Waals surface area contributed by atoms with Crippen molar-refractivity contribution in [2.24, 2.45) is 5.92 Å². The lowest BCUT2D eigenvalue weighted by atomic mass is 9.96. The Morgan fingerprint density at radius 2 is 1.92 bits per heavy atom. The van der Waals surface area contributed by atoms with Crippen molar-refractivity contribution in [3.05, 3.63) is 46.5 Å². The number of piperidine rings is 1. The van der Waals surface area contributed by atoms with Crippen LogP contribution in [0.5, 0.6) is 0 Å². The number of aryl methyl sites for hydroxylation is 1. The highest BCUT2D eigenvalue weighted by Crippen LogP contribution is 2.22. The van der Waals surface area contributed by atoms with E-state index in [0.29, 0.717) is 5.92 Å². The zero-order chi connectivity index (χ0) is 17.1. The van der Waals surface area contributed by atoms with Gasteiger partial charge in [-0.3, -0.25) is 9.36 Å². The number of hydrogen-bond donors (Lipinski definition) is 0. The normalized spacial score (nSPS) is 15.9. The molecule has 2 aromatic heterocycles. The molecule has 0 aromatic carbocycles. The van der Waals surface area contributed by atoms with Crippen LogP contribution in [-0.4, -0.2) is 32.6 Å². The van der Waals surface area contributed by atoms with Crippen LogP contribution in [0.1, 0.15) is 44.0 Å². The first-order valence-electron chi connectivity index (χ1n) is 8.63. The fraction of sp³-hybridized carbons (Fsp3) is 0.556. The maximum atomic E-state index is 12.2. The first-order valence-corrected chi connectivity index (χ1v) is 8.63. The molecule has 6 nitrogen and oxygen atoms in total. The van der Waals surface area contributed by atoms with Gasteiger partial charge in [0.15, 0.2) is 0 Å². The molecule has 0 N–H and O–H groups in total. The maximum absolute atomic E-state index is 12.2. The van der Waals surface area contributed by atoms with Crippen molar-refractivity contribution >= 4 is 5.82 Å². The average Bonchev–Trinajstić information content (AvgIpc) is 2.57. The van der Waals surface area contributed by atoms with E-state index in [9.17, 15) is 4.79 Å². The molecule has 24 heavy (non-hydrogen) atoms. The Balaban J connectivity index is 1.60. The van der Waals surface area contributed by atoms with Gasteiger partial charge in [0.2, 0.25) is 0 Å². The first-order chi connectivity index (χ1) is 11.5. The minimum atomic E-state index is 0.0579. The van der Waals surface area contributed by atoms with Crippen LogP contribution in [-0.2, 0) is 6.54 Å². The van der Waals surface area contributed by atoms with E-state index in [2.05, 4.69) is 33.7 Å². The van der Waals surface area contributed by atoms with Gasteiger partial charge in [-0.25, -0.2) is 15.0 Å². The van der Waals surface area contributed by atoms with Crippen LogP contribution >= 0.6 is 0 Å². The van der Waals surface area contributed by atoms with Gasteiger partial charge in [-0.05, 0) is 31.6 Å². The zero-order valence-electron chi connectivity index (χ0n) is 14.6. The summed E-state index contributed by atoms with van der Waals surface area (Å²) in [5.74, 6) is 1.79. The SMILES string of the molecule is Cc1cc(N2CCC(Cn3cnc(C(C)C)cc3=O)CC2)ncn1. The molecule has 0 atom stereocenters. The Hall–Kier alpha value is -2.24. The summed E-state index contributed by atoms with van der Waals surface area (Å²) in [6.45, 7) is 8.77. The molecule has 0 spiro atoms. The van der Waals surface area contributed by atoms with Crippen molar-refractivity contribution in [3.8, 4) is 0 Å². The summed E-state index contributed by atoms with van der Waals surface area (Å²) in [5.41, 5.74) is 1.91. The molecule has 0 amide bonds. The van der Waals surface area contributed by atoms with Crippen LogP contribution in [0.15, 0.2) is 29.6 Å². The van der Waals surface area contributed by atoms with Crippen molar-refractivity contribution in [2.75, 3.05) is 18.0 Å². The monoisotopic (exact) mass is 327 g/mol. The minimum absolute atomic E-state index is 0.0579. The fourth-order valence-electron chi connectivity index (χ4n) is 3.13. The molecule has 0 unspecified atom stereocenters. The third kappa shape index (κ3) is 3.80. The van der Waals surface area contributed by atoms with Crippen LogP contribution < -0.4 is 10.5 Å². The lowest BCUT2D eigenvalue weighted by Crippen LogP contribution is -2.37. The molecule has 128 valence electrons. The van der Waals surface area contributed by atoms with Gasteiger partial charge in [0.25, 0.3) is 5.56 Å². The molecule has 2 aromatic rings. The van der Waals surface area contributed by atoms with E-state index in [4.69, 9.17) is 0 Å². The van der Waals surface area contributed by atoms with Crippen LogP contribution in [0.3, 0.4) is 0 Å². The third-order valence-corrected chi connectivity index (χ3v) is 4.67. The molecule has 0 bridgehead atoms. The fourth-order valence-corrected chi connectivity index (χ4v) is 3.13. The minimum Gasteiger partial charge on any atom is -0.356 e. The summed E-state index contributed by atoms with van der Waals surface area (Å²) >= 11 is 0. The second kappa shape index (κ2) is 7.11. The summed E-state index contributed by atoms with van der Waals surface area (Å²) in [4.78, 5) is 27.5. The first kappa shape index (κ1) is 16.6. The zero-order valence-corrected chi connectivity index (χ0v) is 14.6. The molecule has 3 heterocycles. The van der Waals surface area contributed by atoms with E-state index < -0.39 is 0 Å². The van der Waals surface area contributed by atoms with Gasteiger partial charge in [-0.15, -0.1) is 0 Å². The highest BCUT2D eigenvalue weighted by Gasteiger charge is 2.21. The summed E-state index contributed by atoms with van der Waals surface area (Å²) in [6.07, 6.45) is 5.44. The number of rotatable bonds is 4. The number of aromatic nitrogens is 4. The Kier molecular flexibility index (Phi) is 4.92. The van der Waals surface area contributed by atoms with Gasteiger partial charge in [0.05, 0.1) is 12.0 Å². The predicted octanol–water partition coefficient (Wildman–Crippen LogP) is 2.38. The summed E-state index contributed by atoms with van der Waals surface area (Å²) in [6, 6.07) is 3.70. The third-order valence-electron chi connectivity index (χ3n) is 4.67. The Morgan fingerprint density at radius 1 is 1.17 bits per heavy atom. The van der Waals surface area contributed by atoms with E-state index >= 15 is 0 Å². The van der Waals surface area contributed by atoms with E-state index in [1.165, 1.54) is 0 Å². The highest BCUT2D eigenvalue weighted by atomic mass is 16.1. The molecule has 6 heteroatoms. The number of hydrogen-bond acceptors (Lipinski definition) is 5. The van der Waals surface area contributed by atoms with Crippen molar-refractivity contribution < 1.29 is 0 Å². The largest absolute Gasteiger partial charge is 0.356 e. The molecule has 3 rings (SSSR count). The van der Waals surface area contributed by atoms with Gasteiger partial charge < -0.3 is 4.90 Å².